The van der Waals surface area contributed by atoms with E-state index in [-0.39, 0.29) is 31.3 Å². The summed E-state index contributed by atoms with van der Waals surface area (Å²) in [6.45, 7) is 0. The Morgan fingerprint density at radius 1 is 1.38 bits per heavy atom. The van der Waals surface area contributed by atoms with Crippen molar-refractivity contribution in [2.75, 3.05) is 5.73 Å². The molecule has 3 aromatic rings. The van der Waals surface area contributed by atoms with Gasteiger partial charge < -0.3 is 15.4 Å². The first-order valence-electron chi connectivity index (χ1n) is 7.43. The molecule has 4 rings (SSSR count). The number of fused-ring (bicyclic) bond motifs is 1. The maximum Gasteiger partial charge on any atom is 0.341 e. The maximum absolute atomic E-state index is 15.1. The Hall–Kier alpha value is -2.53. The van der Waals surface area contributed by atoms with Crippen LogP contribution in [0.1, 0.15) is 29.2 Å². The van der Waals surface area contributed by atoms with Crippen molar-refractivity contribution in [3.05, 3.63) is 39.7 Å². The Morgan fingerprint density at radius 2 is 2.12 bits per heavy atom. The molecule has 11 heteroatoms. The van der Waals surface area contributed by atoms with Crippen LogP contribution in [0.2, 0.25) is 0 Å². The van der Waals surface area contributed by atoms with E-state index in [1.165, 1.54) is 4.57 Å². The zero-order valence-electron chi connectivity index (χ0n) is 12.9. The van der Waals surface area contributed by atoms with E-state index >= 15 is 4.39 Å². The monoisotopic (exact) mass is 396 g/mol. The molecule has 0 bridgehead atoms. The van der Waals surface area contributed by atoms with Crippen LogP contribution in [0.3, 0.4) is 0 Å². The minimum Gasteiger partial charge on any atom is -0.477 e. The molecule has 0 unspecified atom stereocenters. The van der Waals surface area contributed by atoms with Crippen LogP contribution < -0.4 is 11.2 Å². The van der Waals surface area contributed by atoms with Crippen LogP contribution in [0, 0.1) is 11.6 Å². The number of aromatic carboxylic acids is 1. The van der Waals surface area contributed by atoms with Gasteiger partial charge in [0.1, 0.15) is 11.4 Å². The fraction of sp³-hybridized carbons (Fsp3) is 0.200. The molecule has 1 aromatic carbocycles. The fourth-order valence-electron chi connectivity index (χ4n) is 2.66. The van der Waals surface area contributed by atoms with Crippen LogP contribution in [0.25, 0.3) is 10.9 Å². The van der Waals surface area contributed by atoms with Gasteiger partial charge in [0.05, 0.1) is 15.8 Å². The van der Waals surface area contributed by atoms with Gasteiger partial charge in [0, 0.05) is 12.2 Å². The number of carboxylic acid groups (broad SMARTS) is 1. The number of hydrogen-bond donors (Lipinski definition) is 2. The van der Waals surface area contributed by atoms with Gasteiger partial charge in [-0.25, -0.2) is 13.6 Å². The predicted octanol–water partition coefficient (Wildman–Crippen LogP) is 2.90. The van der Waals surface area contributed by atoms with Crippen LogP contribution in [-0.2, 0) is 0 Å². The van der Waals surface area contributed by atoms with E-state index in [2.05, 4.69) is 10.2 Å². The summed E-state index contributed by atoms with van der Waals surface area (Å²) < 4.78 is 31.3. The van der Waals surface area contributed by atoms with Gasteiger partial charge in [0.15, 0.2) is 10.2 Å². The molecular weight excluding hydrogens is 386 g/mol. The van der Waals surface area contributed by atoms with E-state index in [9.17, 15) is 19.1 Å². The Kier molecular flexibility index (Phi) is 3.92. The minimum absolute atomic E-state index is 0.108. The predicted molar refractivity (Wildman–Crippen MR) is 91.8 cm³/mol. The van der Waals surface area contributed by atoms with E-state index in [0.717, 1.165) is 36.4 Å². The number of pyridine rings is 1. The van der Waals surface area contributed by atoms with E-state index in [1.54, 1.807) is 0 Å². The number of nitrogens with zero attached hydrogens (tertiary/aromatic N) is 3. The number of hydrogen-bond acceptors (Lipinski definition) is 7. The third kappa shape index (κ3) is 2.72. The van der Waals surface area contributed by atoms with Crippen molar-refractivity contribution < 1.29 is 18.7 Å². The maximum atomic E-state index is 15.1. The van der Waals surface area contributed by atoms with Gasteiger partial charge in [-0.2, -0.15) is 0 Å². The van der Waals surface area contributed by atoms with Crippen molar-refractivity contribution in [2.45, 2.75) is 28.1 Å². The minimum atomic E-state index is -1.44. The van der Waals surface area contributed by atoms with Crippen molar-refractivity contribution >= 4 is 45.1 Å². The molecule has 1 aliphatic carbocycles. The lowest BCUT2D eigenvalue weighted by molar-refractivity contribution is 0.0694. The lowest BCUT2D eigenvalue weighted by Crippen LogP contribution is -2.20. The number of carbonyl (C=O) groups is 1. The van der Waals surface area contributed by atoms with Crippen LogP contribution >= 0.6 is 23.1 Å². The topological polar surface area (TPSA) is 111 Å². The first-order chi connectivity index (χ1) is 12.4. The molecule has 134 valence electrons. The second-order valence-corrected chi connectivity index (χ2v) is 7.99. The molecule has 26 heavy (non-hydrogen) atoms. The summed E-state index contributed by atoms with van der Waals surface area (Å²) in [6, 6.07) is 0.755. The van der Waals surface area contributed by atoms with E-state index in [4.69, 9.17) is 5.73 Å². The quantitative estimate of drug-likeness (QED) is 0.697. The zero-order valence-corrected chi connectivity index (χ0v) is 14.5. The number of anilines is 1. The second-order valence-electron chi connectivity index (χ2n) is 5.72. The normalized spacial score (nSPS) is 14.1. The standard InChI is InChI=1S/C15H10F2N4O3S2/c16-8-3-6-10(9(17)12(8)25-15-20-19-14(18)26-15)21(5-1-2-5)4-7(11(6)22)13(23)24/h3-5H,1-2H2,(H2,18,19)(H,23,24). The van der Waals surface area contributed by atoms with Gasteiger partial charge in [-0.05, 0) is 18.9 Å². The fourth-order valence-corrected chi connectivity index (χ4v) is 4.27. The Bertz CT molecular complexity index is 1120. The summed E-state index contributed by atoms with van der Waals surface area (Å²) in [5.74, 6) is -3.34. The number of aromatic nitrogens is 3. The van der Waals surface area contributed by atoms with Crippen molar-refractivity contribution in [2.24, 2.45) is 0 Å². The SMILES string of the molecule is Nc1nnc(Sc2c(F)cc3c(=O)c(C(=O)O)cn(C4CC4)c3c2F)s1. The first kappa shape index (κ1) is 16.9. The number of benzene rings is 1. The van der Waals surface area contributed by atoms with E-state index in [0.29, 0.717) is 11.8 Å². The molecule has 0 amide bonds. The molecule has 1 saturated carbocycles. The third-order valence-electron chi connectivity index (χ3n) is 3.95. The summed E-state index contributed by atoms with van der Waals surface area (Å²) in [5.41, 5.74) is 3.94. The molecule has 2 aromatic heterocycles. The van der Waals surface area contributed by atoms with Gasteiger partial charge in [0.25, 0.3) is 0 Å². The van der Waals surface area contributed by atoms with E-state index in [1.807, 2.05) is 0 Å². The van der Waals surface area contributed by atoms with Crippen LogP contribution in [0.15, 0.2) is 26.3 Å². The van der Waals surface area contributed by atoms with Gasteiger partial charge in [-0.15, -0.1) is 10.2 Å². The molecule has 0 saturated heterocycles. The Labute approximate surface area is 152 Å². The molecule has 1 fully saturated rings. The van der Waals surface area contributed by atoms with Gasteiger partial charge in [0.2, 0.25) is 10.6 Å². The van der Waals surface area contributed by atoms with Crippen molar-refractivity contribution in [1.29, 1.82) is 0 Å². The molecular formula is C15H10F2N4O3S2. The van der Waals surface area contributed by atoms with Gasteiger partial charge >= 0.3 is 5.97 Å². The average Bonchev–Trinajstić information content (AvgIpc) is 3.34. The van der Waals surface area contributed by atoms with Gasteiger partial charge in [-0.1, -0.05) is 23.1 Å². The number of nitrogen functional groups attached to an aromatic ring is 1. The summed E-state index contributed by atoms with van der Waals surface area (Å²) in [6.07, 6.45) is 2.58. The highest BCUT2D eigenvalue weighted by Crippen LogP contribution is 2.41. The highest BCUT2D eigenvalue weighted by molar-refractivity contribution is 8.01. The van der Waals surface area contributed by atoms with Crippen LogP contribution in [0.5, 0.6) is 0 Å². The highest BCUT2D eigenvalue weighted by atomic mass is 32.2. The van der Waals surface area contributed by atoms with Crippen molar-refractivity contribution in [1.82, 2.24) is 14.8 Å². The second kappa shape index (κ2) is 6.02. The summed E-state index contributed by atoms with van der Waals surface area (Å²) >= 11 is 1.69. The molecule has 3 N–H and O–H groups in total. The summed E-state index contributed by atoms with van der Waals surface area (Å²) in [7, 11) is 0. The number of halogens is 2. The van der Waals surface area contributed by atoms with Gasteiger partial charge in [-0.3, -0.25) is 4.79 Å². The van der Waals surface area contributed by atoms with Crippen molar-refractivity contribution in [3.63, 3.8) is 0 Å². The lowest BCUT2D eigenvalue weighted by atomic mass is 10.1. The molecule has 0 atom stereocenters. The van der Waals surface area contributed by atoms with Crippen molar-refractivity contribution in [3.8, 4) is 0 Å². The number of rotatable bonds is 4. The lowest BCUT2D eigenvalue weighted by Gasteiger charge is -2.14. The molecule has 7 nitrogen and oxygen atoms in total. The molecule has 1 aliphatic rings. The average molecular weight is 396 g/mol. The summed E-state index contributed by atoms with van der Waals surface area (Å²) in [4.78, 5) is 23.3. The van der Waals surface area contributed by atoms with Crippen LogP contribution in [-0.4, -0.2) is 25.8 Å². The Morgan fingerprint density at radius 3 is 2.69 bits per heavy atom. The zero-order chi connectivity index (χ0) is 18.6. The molecule has 2 heterocycles. The molecule has 0 aliphatic heterocycles. The van der Waals surface area contributed by atoms with Crippen LogP contribution in [0.4, 0.5) is 13.9 Å². The largest absolute Gasteiger partial charge is 0.477 e. The number of carboxylic acids is 1. The third-order valence-corrected chi connectivity index (χ3v) is 5.83. The van der Waals surface area contributed by atoms with E-state index < -0.39 is 28.6 Å². The Balaban J connectivity index is 1.99. The summed E-state index contributed by atoms with van der Waals surface area (Å²) in [5, 5.41) is 16.4. The highest BCUT2D eigenvalue weighted by Gasteiger charge is 2.30. The molecule has 0 radical (unpaired) electrons. The molecule has 0 spiro atoms. The number of nitrogens with two attached hydrogens (primary N) is 1. The first-order valence-corrected chi connectivity index (χ1v) is 9.07. The smallest absolute Gasteiger partial charge is 0.341 e.